The second-order valence-electron chi connectivity index (χ2n) is 6.52. The van der Waals surface area contributed by atoms with E-state index in [9.17, 15) is 13.2 Å². The fourth-order valence-electron chi connectivity index (χ4n) is 3.53. The van der Waals surface area contributed by atoms with Crippen LogP contribution in [0, 0.1) is 0 Å². The highest BCUT2D eigenvalue weighted by Crippen LogP contribution is 2.24. The number of hydrogen-bond acceptors (Lipinski definition) is 3. The number of fused-ring (bicyclic) bond motifs is 3. The highest BCUT2D eigenvalue weighted by Gasteiger charge is 2.40. The number of aryl methyl sites for hydroxylation is 1. The summed E-state index contributed by atoms with van der Waals surface area (Å²) in [6.07, 6.45) is -3.67. The first-order chi connectivity index (χ1) is 11.0. The molecular weight excluding hydrogens is 303 g/mol. The molecule has 0 aromatic heterocycles. The standard InChI is InChI=1S/C17H24F3N3/c18-17(19,20)16(7-6-14-4-2-1-3-5-14)21-12-15-13-22-8-10-23(15)11-9-22/h1-5,15-16,21H,6-13H2/t15-,16-/m1/s1. The Hall–Kier alpha value is -1.11. The molecule has 0 aliphatic carbocycles. The van der Waals surface area contributed by atoms with Gasteiger partial charge in [-0.2, -0.15) is 13.2 Å². The number of halogens is 3. The molecule has 3 saturated heterocycles. The maximum absolute atomic E-state index is 13.3. The quantitative estimate of drug-likeness (QED) is 0.864. The second-order valence-corrected chi connectivity index (χ2v) is 6.52. The molecule has 6 heteroatoms. The van der Waals surface area contributed by atoms with E-state index in [2.05, 4.69) is 15.1 Å². The number of nitrogens with one attached hydrogen (secondary N) is 1. The summed E-state index contributed by atoms with van der Waals surface area (Å²) in [6, 6.07) is 8.15. The Kier molecular flexibility index (Phi) is 5.24. The van der Waals surface area contributed by atoms with Crippen molar-refractivity contribution in [2.45, 2.75) is 31.1 Å². The summed E-state index contributed by atoms with van der Waals surface area (Å²) in [5, 5.41) is 2.79. The predicted molar refractivity (Wildman–Crippen MR) is 84.4 cm³/mol. The lowest BCUT2D eigenvalue weighted by molar-refractivity contribution is -0.158. The van der Waals surface area contributed by atoms with Gasteiger partial charge in [-0.05, 0) is 18.4 Å². The average Bonchev–Trinajstić information content (AvgIpc) is 2.55. The molecule has 0 radical (unpaired) electrons. The molecule has 1 aromatic rings. The first kappa shape index (κ1) is 16.7. The van der Waals surface area contributed by atoms with Crippen molar-refractivity contribution in [3.8, 4) is 0 Å². The molecule has 2 bridgehead atoms. The maximum Gasteiger partial charge on any atom is 0.403 e. The third-order valence-corrected chi connectivity index (χ3v) is 4.95. The van der Waals surface area contributed by atoms with Crippen molar-refractivity contribution in [1.82, 2.24) is 15.1 Å². The number of piperazine rings is 3. The third-order valence-electron chi connectivity index (χ3n) is 4.95. The molecule has 3 fully saturated rings. The van der Waals surface area contributed by atoms with Gasteiger partial charge in [0, 0.05) is 45.3 Å². The van der Waals surface area contributed by atoms with Gasteiger partial charge in [-0.15, -0.1) is 0 Å². The van der Waals surface area contributed by atoms with Gasteiger partial charge in [0.05, 0.1) is 0 Å². The van der Waals surface area contributed by atoms with Crippen LogP contribution >= 0.6 is 0 Å². The summed E-state index contributed by atoms with van der Waals surface area (Å²) in [6.45, 7) is 5.35. The molecule has 3 aliphatic rings. The van der Waals surface area contributed by atoms with E-state index < -0.39 is 12.2 Å². The molecule has 0 amide bonds. The van der Waals surface area contributed by atoms with Gasteiger partial charge in [-0.25, -0.2) is 0 Å². The third kappa shape index (κ3) is 4.46. The molecule has 3 heterocycles. The Morgan fingerprint density at radius 2 is 1.78 bits per heavy atom. The zero-order chi connectivity index (χ0) is 16.3. The molecule has 4 rings (SSSR count). The Labute approximate surface area is 135 Å². The lowest BCUT2D eigenvalue weighted by Crippen LogP contribution is -2.64. The summed E-state index contributed by atoms with van der Waals surface area (Å²) < 4.78 is 39.8. The van der Waals surface area contributed by atoms with Crippen LogP contribution < -0.4 is 5.32 Å². The van der Waals surface area contributed by atoms with Crippen molar-refractivity contribution >= 4 is 0 Å². The summed E-state index contributed by atoms with van der Waals surface area (Å²) in [4.78, 5) is 4.66. The molecular formula is C17H24F3N3. The summed E-state index contributed by atoms with van der Waals surface area (Å²) in [5.41, 5.74) is 0.954. The minimum Gasteiger partial charge on any atom is -0.305 e. The van der Waals surface area contributed by atoms with Crippen LogP contribution in [0.3, 0.4) is 0 Å². The van der Waals surface area contributed by atoms with Crippen molar-refractivity contribution in [2.24, 2.45) is 0 Å². The largest absolute Gasteiger partial charge is 0.403 e. The zero-order valence-corrected chi connectivity index (χ0v) is 13.2. The summed E-state index contributed by atoms with van der Waals surface area (Å²) >= 11 is 0. The highest BCUT2D eigenvalue weighted by atomic mass is 19.4. The Morgan fingerprint density at radius 3 is 2.35 bits per heavy atom. The molecule has 0 unspecified atom stereocenters. The number of benzene rings is 1. The molecule has 3 nitrogen and oxygen atoms in total. The molecule has 2 atom stereocenters. The fourth-order valence-corrected chi connectivity index (χ4v) is 3.53. The van der Waals surface area contributed by atoms with Gasteiger partial charge in [0.15, 0.2) is 0 Å². The van der Waals surface area contributed by atoms with Gasteiger partial charge in [-0.3, -0.25) is 9.80 Å². The van der Waals surface area contributed by atoms with Crippen LogP contribution in [0.15, 0.2) is 30.3 Å². The number of hydrogen-bond donors (Lipinski definition) is 1. The zero-order valence-electron chi connectivity index (χ0n) is 13.2. The van der Waals surface area contributed by atoms with E-state index in [-0.39, 0.29) is 12.5 Å². The van der Waals surface area contributed by atoms with Crippen molar-refractivity contribution < 1.29 is 13.2 Å². The minimum absolute atomic E-state index is 0.0872. The number of nitrogens with zero attached hydrogens (tertiary/aromatic N) is 2. The van der Waals surface area contributed by atoms with Crippen LogP contribution in [0.25, 0.3) is 0 Å². The topological polar surface area (TPSA) is 18.5 Å². The first-order valence-electron chi connectivity index (χ1n) is 8.33. The molecule has 1 aromatic carbocycles. The Morgan fingerprint density at radius 1 is 1.09 bits per heavy atom. The van der Waals surface area contributed by atoms with E-state index in [4.69, 9.17) is 0 Å². The fraction of sp³-hybridized carbons (Fsp3) is 0.647. The predicted octanol–water partition coefficient (Wildman–Crippen LogP) is 2.14. The molecule has 1 N–H and O–H groups in total. The molecule has 128 valence electrons. The van der Waals surface area contributed by atoms with E-state index in [1.54, 1.807) is 0 Å². The van der Waals surface area contributed by atoms with Crippen LogP contribution in [-0.2, 0) is 6.42 Å². The van der Waals surface area contributed by atoms with Crippen molar-refractivity contribution in [3.63, 3.8) is 0 Å². The van der Waals surface area contributed by atoms with Crippen LogP contribution in [0.4, 0.5) is 13.2 Å². The van der Waals surface area contributed by atoms with Crippen LogP contribution in [0.1, 0.15) is 12.0 Å². The van der Waals surface area contributed by atoms with Crippen molar-refractivity contribution in [1.29, 1.82) is 0 Å². The summed E-state index contributed by atoms with van der Waals surface area (Å²) in [7, 11) is 0. The van der Waals surface area contributed by atoms with Gasteiger partial charge in [0.2, 0.25) is 0 Å². The Bertz CT molecular complexity index is 484. The van der Waals surface area contributed by atoms with Gasteiger partial charge in [0.25, 0.3) is 0 Å². The lowest BCUT2D eigenvalue weighted by Gasteiger charge is -2.47. The smallest absolute Gasteiger partial charge is 0.305 e. The number of alkyl halides is 3. The Balaban J connectivity index is 1.52. The van der Waals surface area contributed by atoms with E-state index >= 15 is 0 Å². The summed E-state index contributed by atoms with van der Waals surface area (Å²) in [5.74, 6) is 0. The van der Waals surface area contributed by atoms with E-state index in [1.807, 2.05) is 30.3 Å². The number of rotatable bonds is 6. The second kappa shape index (κ2) is 7.20. The van der Waals surface area contributed by atoms with Crippen LogP contribution in [0.2, 0.25) is 0 Å². The van der Waals surface area contributed by atoms with E-state index in [0.29, 0.717) is 13.0 Å². The van der Waals surface area contributed by atoms with Crippen molar-refractivity contribution in [3.05, 3.63) is 35.9 Å². The lowest BCUT2D eigenvalue weighted by atomic mass is 10.0. The first-order valence-corrected chi connectivity index (χ1v) is 8.33. The van der Waals surface area contributed by atoms with Gasteiger partial charge < -0.3 is 5.32 Å². The molecule has 0 spiro atoms. The maximum atomic E-state index is 13.3. The molecule has 23 heavy (non-hydrogen) atoms. The van der Waals surface area contributed by atoms with Crippen molar-refractivity contribution in [2.75, 3.05) is 39.3 Å². The van der Waals surface area contributed by atoms with Gasteiger partial charge in [-0.1, -0.05) is 30.3 Å². The average molecular weight is 327 g/mol. The molecule has 3 aliphatic heterocycles. The highest BCUT2D eigenvalue weighted by molar-refractivity contribution is 5.14. The van der Waals surface area contributed by atoms with Gasteiger partial charge >= 0.3 is 6.18 Å². The van der Waals surface area contributed by atoms with E-state index in [0.717, 1.165) is 38.3 Å². The van der Waals surface area contributed by atoms with E-state index in [1.165, 1.54) is 0 Å². The van der Waals surface area contributed by atoms with Crippen LogP contribution in [0.5, 0.6) is 0 Å². The minimum atomic E-state index is -4.20. The van der Waals surface area contributed by atoms with Crippen LogP contribution in [-0.4, -0.2) is 67.3 Å². The molecule has 0 saturated carbocycles. The van der Waals surface area contributed by atoms with Gasteiger partial charge in [0.1, 0.15) is 6.04 Å². The monoisotopic (exact) mass is 327 g/mol. The SMILES string of the molecule is FC(F)(F)[C@@H](CCc1ccccc1)NC[C@@H]1CN2CCN1CC2. The normalized spacial score (nSPS) is 28.7.